The molecule has 0 heterocycles. The number of alkyl halides is 6. The fraction of sp³-hybridized carbons (Fsp3) is 0.917. The van der Waals surface area contributed by atoms with Crippen LogP contribution in [-0.4, -0.2) is 45.0 Å². The van der Waals surface area contributed by atoms with Gasteiger partial charge in [-0.3, -0.25) is 0 Å². The summed E-state index contributed by atoms with van der Waals surface area (Å²) in [6.07, 6.45) is -6.29. The molecule has 0 aromatic heterocycles. The van der Waals surface area contributed by atoms with Crippen molar-refractivity contribution >= 4 is 0 Å². The Kier molecular flexibility index (Phi) is 8.05. The van der Waals surface area contributed by atoms with Gasteiger partial charge in [0.05, 0.1) is 11.7 Å². The molecule has 9 heteroatoms. The van der Waals surface area contributed by atoms with Crippen molar-refractivity contribution in [2.24, 2.45) is 22.7 Å². The second-order valence-electron chi connectivity index (χ2n) is 11.4. The molecule has 2 rings (SSSR count). The molecule has 194 valence electrons. The molecule has 2 saturated carbocycles. The number of hydrogen-bond donors (Lipinski definition) is 3. The predicted octanol–water partition coefficient (Wildman–Crippen LogP) is 6.31. The third-order valence-corrected chi connectivity index (χ3v) is 8.27. The van der Waals surface area contributed by atoms with Crippen LogP contribution in [0.15, 0.2) is 12.2 Å². The van der Waals surface area contributed by atoms with Gasteiger partial charge in [0.2, 0.25) is 0 Å². The lowest BCUT2D eigenvalue weighted by Crippen LogP contribution is -2.55. The fourth-order valence-electron chi connectivity index (χ4n) is 6.49. The van der Waals surface area contributed by atoms with Gasteiger partial charge in [-0.15, -0.1) is 0 Å². The van der Waals surface area contributed by atoms with Crippen molar-refractivity contribution in [3.63, 3.8) is 0 Å². The van der Waals surface area contributed by atoms with Gasteiger partial charge in [-0.05, 0) is 87.5 Å². The number of aliphatic hydroxyl groups excluding tert-OH is 1. The topological polar surface area (TPSA) is 60.7 Å². The standard InChI is InChI=1S/C24H38F6O3/c1-19(2,32)11-6-12-20(3,13-7-15-22(33,23(25,26)27)24(28,29)30)18-10-9-16-17(31)8-5-14-21(16,18)4/h7,15-18,31-33H,5-6,8-14H2,1-4H3/b15-7+/t16-,17-,18+,20-,21+/m0/s1. The summed E-state index contributed by atoms with van der Waals surface area (Å²) in [5.41, 5.74) is -6.76. The average molecular weight is 489 g/mol. The van der Waals surface area contributed by atoms with Gasteiger partial charge in [-0.25, -0.2) is 0 Å². The molecule has 33 heavy (non-hydrogen) atoms. The van der Waals surface area contributed by atoms with E-state index in [9.17, 15) is 41.7 Å². The van der Waals surface area contributed by atoms with Crippen LogP contribution in [0.1, 0.15) is 85.5 Å². The highest BCUT2D eigenvalue weighted by atomic mass is 19.4. The molecule has 3 nitrogen and oxygen atoms in total. The van der Waals surface area contributed by atoms with Crippen LogP contribution in [0.5, 0.6) is 0 Å². The van der Waals surface area contributed by atoms with Crippen molar-refractivity contribution in [2.75, 3.05) is 0 Å². The summed E-state index contributed by atoms with van der Waals surface area (Å²) in [5.74, 6) is 0.0393. The minimum absolute atomic E-state index is 0.0127. The maximum absolute atomic E-state index is 13.1. The van der Waals surface area contributed by atoms with Crippen molar-refractivity contribution in [3.05, 3.63) is 12.2 Å². The average Bonchev–Trinajstić information content (AvgIpc) is 2.97. The predicted molar refractivity (Wildman–Crippen MR) is 113 cm³/mol. The maximum Gasteiger partial charge on any atom is 0.429 e. The number of aliphatic hydroxyl groups is 3. The molecule has 0 bridgehead atoms. The summed E-state index contributed by atoms with van der Waals surface area (Å²) < 4.78 is 78.6. The van der Waals surface area contributed by atoms with E-state index in [4.69, 9.17) is 0 Å². The molecular weight excluding hydrogens is 450 g/mol. The van der Waals surface area contributed by atoms with E-state index in [0.29, 0.717) is 25.7 Å². The van der Waals surface area contributed by atoms with E-state index >= 15 is 0 Å². The zero-order valence-corrected chi connectivity index (χ0v) is 19.9. The summed E-state index contributed by atoms with van der Waals surface area (Å²) in [4.78, 5) is 0. The minimum Gasteiger partial charge on any atom is -0.393 e. The van der Waals surface area contributed by atoms with Crippen molar-refractivity contribution in [2.45, 2.75) is 115 Å². The molecule has 0 spiro atoms. The molecule has 0 radical (unpaired) electrons. The van der Waals surface area contributed by atoms with E-state index in [1.54, 1.807) is 13.8 Å². The van der Waals surface area contributed by atoms with Gasteiger partial charge >= 0.3 is 12.4 Å². The van der Waals surface area contributed by atoms with Gasteiger partial charge in [-0.2, -0.15) is 26.3 Å². The zero-order chi connectivity index (χ0) is 25.5. The van der Waals surface area contributed by atoms with Gasteiger partial charge in [0, 0.05) is 0 Å². The molecule has 0 unspecified atom stereocenters. The third kappa shape index (κ3) is 5.89. The Bertz CT molecular complexity index is 682. The van der Waals surface area contributed by atoms with Crippen LogP contribution in [-0.2, 0) is 0 Å². The monoisotopic (exact) mass is 488 g/mol. The lowest BCUT2D eigenvalue weighted by molar-refractivity contribution is -0.347. The van der Waals surface area contributed by atoms with Gasteiger partial charge in [0.1, 0.15) is 0 Å². The van der Waals surface area contributed by atoms with E-state index in [-0.39, 0.29) is 29.7 Å². The Labute approximate surface area is 192 Å². The first-order valence-electron chi connectivity index (χ1n) is 11.7. The van der Waals surface area contributed by atoms with Gasteiger partial charge in [0.15, 0.2) is 0 Å². The first kappa shape index (κ1) is 28.4. The quantitative estimate of drug-likeness (QED) is 0.277. The highest BCUT2D eigenvalue weighted by Crippen LogP contribution is 2.62. The third-order valence-electron chi connectivity index (χ3n) is 8.27. The van der Waals surface area contributed by atoms with Crippen LogP contribution < -0.4 is 0 Å². The Balaban J connectivity index is 2.35. The van der Waals surface area contributed by atoms with Crippen LogP contribution in [0.2, 0.25) is 0 Å². The molecule has 0 aromatic rings. The lowest BCUT2D eigenvalue weighted by atomic mass is 9.56. The smallest absolute Gasteiger partial charge is 0.393 e. The molecule has 0 aliphatic heterocycles. The number of halogens is 6. The fourth-order valence-corrected chi connectivity index (χ4v) is 6.49. The molecule has 0 aromatic carbocycles. The van der Waals surface area contributed by atoms with Crippen molar-refractivity contribution in [1.29, 1.82) is 0 Å². The van der Waals surface area contributed by atoms with E-state index in [1.807, 2.05) is 6.92 Å². The molecule has 0 saturated heterocycles. The Hall–Kier alpha value is -0.800. The molecular formula is C24H38F6O3. The van der Waals surface area contributed by atoms with Gasteiger partial charge < -0.3 is 15.3 Å². The second-order valence-corrected chi connectivity index (χ2v) is 11.4. The Morgan fingerprint density at radius 2 is 1.48 bits per heavy atom. The molecule has 2 fully saturated rings. The normalized spacial score (nSPS) is 31.6. The summed E-state index contributed by atoms with van der Waals surface area (Å²) in [6, 6.07) is 0. The summed E-state index contributed by atoms with van der Waals surface area (Å²) in [6.45, 7) is 7.27. The van der Waals surface area contributed by atoms with Crippen LogP contribution in [0.4, 0.5) is 26.3 Å². The van der Waals surface area contributed by atoms with Gasteiger partial charge in [-0.1, -0.05) is 32.8 Å². The molecule has 3 N–H and O–H groups in total. The van der Waals surface area contributed by atoms with E-state index < -0.39 is 35.1 Å². The molecule has 2 aliphatic rings. The second kappa shape index (κ2) is 9.34. The number of rotatable bonds is 8. The van der Waals surface area contributed by atoms with E-state index in [1.165, 1.54) is 0 Å². The van der Waals surface area contributed by atoms with Crippen LogP contribution in [0.3, 0.4) is 0 Å². The number of hydrogen-bond acceptors (Lipinski definition) is 3. The Morgan fingerprint density at radius 3 is 2.00 bits per heavy atom. The summed E-state index contributed by atoms with van der Waals surface area (Å²) >= 11 is 0. The first-order valence-corrected chi connectivity index (χ1v) is 11.7. The minimum atomic E-state index is -5.89. The van der Waals surface area contributed by atoms with E-state index in [2.05, 4.69) is 6.92 Å². The lowest BCUT2D eigenvalue weighted by Gasteiger charge is -2.50. The largest absolute Gasteiger partial charge is 0.429 e. The van der Waals surface area contributed by atoms with Crippen LogP contribution >= 0.6 is 0 Å². The van der Waals surface area contributed by atoms with Crippen molar-refractivity contribution < 1.29 is 41.7 Å². The van der Waals surface area contributed by atoms with Crippen molar-refractivity contribution in [3.8, 4) is 0 Å². The Morgan fingerprint density at radius 1 is 0.909 bits per heavy atom. The number of allylic oxidation sites excluding steroid dienone is 1. The van der Waals surface area contributed by atoms with Crippen LogP contribution in [0, 0.1) is 22.7 Å². The zero-order valence-electron chi connectivity index (χ0n) is 19.9. The SMILES string of the molecule is CC(C)(O)CCC[C@@](C)(C/C=C/C(O)(C(F)(F)F)C(F)(F)F)[C@H]1CC[C@H]2[C@@H](O)CCC[C@@]12C. The van der Waals surface area contributed by atoms with Gasteiger partial charge in [0.25, 0.3) is 5.60 Å². The molecule has 0 amide bonds. The molecule has 2 aliphatic carbocycles. The maximum atomic E-state index is 13.1. The van der Waals surface area contributed by atoms with Crippen LogP contribution in [0.25, 0.3) is 0 Å². The first-order chi connectivity index (χ1) is 14.8. The van der Waals surface area contributed by atoms with Crippen molar-refractivity contribution in [1.82, 2.24) is 0 Å². The highest BCUT2D eigenvalue weighted by molar-refractivity contribution is 5.13. The molecule has 5 atom stereocenters. The summed E-state index contributed by atoms with van der Waals surface area (Å²) in [7, 11) is 0. The van der Waals surface area contributed by atoms with E-state index in [0.717, 1.165) is 31.8 Å². The summed E-state index contributed by atoms with van der Waals surface area (Å²) in [5, 5.41) is 30.1. The number of fused-ring (bicyclic) bond motifs is 1. The highest BCUT2D eigenvalue weighted by Gasteiger charge is 2.69.